The number of likely N-dealkylation sites (N-methyl/N-ethyl adjacent to an activating group) is 1. The fourth-order valence-electron chi connectivity index (χ4n) is 4.54. The molecule has 1 N–H and O–H groups in total. The van der Waals surface area contributed by atoms with Gasteiger partial charge in [-0.1, -0.05) is 77.8 Å². The number of nitrogens with one attached hydrogen (secondary N) is 1. The molecule has 0 heterocycles. The lowest BCUT2D eigenvalue weighted by molar-refractivity contribution is -0.384. The lowest BCUT2D eigenvalue weighted by atomic mass is 10.0. The molecule has 4 aromatic rings. The van der Waals surface area contributed by atoms with Gasteiger partial charge in [-0.3, -0.25) is 24.0 Å². The highest BCUT2D eigenvalue weighted by Gasteiger charge is 2.34. The lowest BCUT2D eigenvalue weighted by Crippen LogP contribution is -2.53. The summed E-state index contributed by atoms with van der Waals surface area (Å²) in [5.74, 6) is -1.18. The fraction of sp³-hybridized carbons (Fsp3) is 0.161. The van der Waals surface area contributed by atoms with Crippen molar-refractivity contribution in [1.29, 1.82) is 0 Å². The van der Waals surface area contributed by atoms with Gasteiger partial charge in [0.15, 0.2) is 0 Å². The van der Waals surface area contributed by atoms with Gasteiger partial charge in [0.05, 0.1) is 15.5 Å². The molecule has 0 saturated heterocycles. The molecule has 0 aromatic heterocycles. The number of hydrogen-bond donors (Lipinski definition) is 1. The first-order chi connectivity index (χ1) is 21.0. The number of anilines is 1. The molecule has 10 nitrogen and oxygen atoms in total. The van der Waals surface area contributed by atoms with E-state index in [1.165, 1.54) is 42.3 Å². The largest absolute Gasteiger partial charge is 0.357 e. The summed E-state index contributed by atoms with van der Waals surface area (Å²) in [5, 5.41) is 14.5. The Morgan fingerprint density at radius 1 is 0.909 bits per heavy atom. The molecule has 0 aliphatic carbocycles. The first-order valence-electron chi connectivity index (χ1n) is 13.3. The molecule has 2 amide bonds. The van der Waals surface area contributed by atoms with Crippen LogP contribution in [0.25, 0.3) is 0 Å². The van der Waals surface area contributed by atoms with E-state index >= 15 is 0 Å². The highest BCUT2D eigenvalue weighted by Crippen LogP contribution is 2.28. The average Bonchev–Trinajstić information content (AvgIpc) is 3.02. The standard InChI is InChI=1S/C31H28Cl2N4O6S/c1-34-31(39)29(18-22-8-4-2-5-9-22)35(20-23-12-13-24(32)19-28(23)33)30(38)21-36(25-14-16-26(17-15-25)37(40)41)44(42,43)27-10-6-3-7-11-27/h2-17,19,29H,18,20-21H2,1H3,(H,34,39)/t29-/m0/s1. The summed E-state index contributed by atoms with van der Waals surface area (Å²) in [6.45, 7) is -0.859. The summed E-state index contributed by atoms with van der Waals surface area (Å²) >= 11 is 12.6. The molecular weight excluding hydrogens is 627 g/mol. The number of amides is 2. The van der Waals surface area contributed by atoms with Crippen molar-refractivity contribution in [1.82, 2.24) is 10.2 Å². The zero-order chi connectivity index (χ0) is 31.9. The number of carbonyl (C=O) groups is 2. The molecule has 13 heteroatoms. The van der Waals surface area contributed by atoms with Gasteiger partial charge < -0.3 is 10.2 Å². The molecule has 4 rings (SSSR count). The molecule has 0 bridgehead atoms. The molecule has 44 heavy (non-hydrogen) atoms. The molecule has 0 fully saturated rings. The van der Waals surface area contributed by atoms with Crippen LogP contribution in [0.1, 0.15) is 11.1 Å². The predicted molar refractivity (Wildman–Crippen MR) is 169 cm³/mol. The molecule has 0 aliphatic rings. The van der Waals surface area contributed by atoms with E-state index < -0.39 is 39.3 Å². The van der Waals surface area contributed by atoms with Crippen molar-refractivity contribution in [2.75, 3.05) is 17.9 Å². The molecule has 4 aromatic carbocycles. The Morgan fingerprint density at radius 2 is 1.52 bits per heavy atom. The third kappa shape index (κ3) is 7.73. The summed E-state index contributed by atoms with van der Waals surface area (Å²) in [6, 6.07) is 25.1. The molecule has 0 spiro atoms. The quantitative estimate of drug-likeness (QED) is 0.159. The van der Waals surface area contributed by atoms with E-state index in [0.717, 1.165) is 22.0 Å². The van der Waals surface area contributed by atoms with Crippen molar-refractivity contribution in [3.8, 4) is 0 Å². The van der Waals surface area contributed by atoms with Crippen molar-refractivity contribution in [2.45, 2.75) is 23.9 Å². The Hall–Kier alpha value is -4.45. The van der Waals surface area contributed by atoms with Crippen LogP contribution in [0.2, 0.25) is 10.0 Å². The van der Waals surface area contributed by atoms with Crippen LogP contribution in [0.4, 0.5) is 11.4 Å². The Labute approximate surface area is 265 Å². The number of halogens is 2. The van der Waals surface area contributed by atoms with Gasteiger partial charge in [0.2, 0.25) is 11.8 Å². The number of benzene rings is 4. The Balaban J connectivity index is 1.81. The van der Waals surface area contributed by atoms with Gasteiger partial charge in [-0.15, -0.1) is 0 Å². The minimum Gasteiger partial charge on any atom is -0.357 e. The Bertz CT molecular complexity index is 1740. The van der Waals surface area contributed by atoms with Crippen LogP contribution in [-0.4, -0.2) is 49.7 Å². The van der Waals surface area contributed by atoms with Gasteiger partial charge in [-0.25, -0.2) is 8.42 Å². The molecule has 0 saturated carbocycles. The molecule has 228 valence electrons. The number of rotatable bonds is 12. The van der Waals surface area contributed by atoms with Gasteiger partial charge >= 0.3 is 0 Å². The predicted octanol–water partition coefficient (Wildman–Crippen LogP) is 5.48. The molecule has 1 atom stereocenters. The maximum Gasteiger partial charge on any atom is 0.269 e. The average molecular weight is 656 g/mol. The minimum atomic E-state index is -4.34. The van der Waals surface area contributed by atoms with Crippen molar-refractivity contribution in [3.05, 3.63) is 134 Å². The fourth-order valence-corrected chi connectivity index (χ4v) is 6.45. The first kappa shape index (κ1) is 32.5. The van der Waals surface area contributed by atoms with E-state index in [1.54, 1.807) is 42.5 Å². The minimum absolute atomic E-state index is 0.0248. The van der Waals surface area contributed by atoms with Crippen LogP contribution in [0.15, 0.2) is 108 Å². The topological polar surface area (TPSA) is 130 Å². The van der Waals surface area contributed by atoms with Crippen LogP contribution in [-0.2, 0) is 32.6 Å². The van der Waals surface area contributed by atoms with Gasteiger partial charge in [0, 0.05) is 42.2 Å². The zero-order valence-electron chi connectivity index (χ0n) is 23.5. The summed E-state index contributed by atoms with van der Waals surface area (Å²) in [5.41, 5.74) is 1.03. The maximum absolute atomic E-state index is 14.3. The van der Waals surface area contributed by atoms with Crippen LogP contribution >= 0.6 is 23.2 Å². The number of non-ortho nitro benzene ring substituents is 1. The van der Waals surface area contributed by atoms with E-state index in [1.807, 2.05) is 18.2 Å². The van der Waals surface area contributed by atoms with Crippen molar-refractivity contribution in [3.63, 3.8) is 0 Å². The molecule has 0 aliphatic heterocycles. The Kier molecular flexibility index (Phi) is 10.6. The van der Waals surface area contributed by atoms with Crippen LogP contribution in [0, 0.1) is 10.1 Å². The van der Waals surface area contributed by atoms with E-state index in [9.17, 15) is 28.1 Å². The van der Waals surface area contributed by atoms with Crippen LogP contribution in [0.5, 0.6) is 0 Å². The first-order valence-corrected chi connectivity index (χ1v) is 15.5. The SMILES string of the molecule is CNC(=O)[C@H](Cc1ccccc1)N(Cc1ccc(Cl)cc1Cl)C(=O)CN(c1ccc([N+](=O)[O-])cc1)S(=O)(=O)c1ccccc1. The molecular formula is C31H28Cl2N4O6S. The van der Waals surface area contributed by atoms with Crippen molar-refractivity contribution >= 4 is 56.4 Å². The van der Waals surface area contributed by atoms with Gasteiger partial charge in [-0.05, 0) is 47.5 Å². The number of carbonyl (C=O) groups excluding carboxylic acids is 2. The zero-order valence-corrected chi connectivity index (χ0v) is 25.8. The highest BCUT2D eigenvalue weighted by atomic mass is 35.5. The number of nitrogens with zero attached hydrogens (tertiary/aromatic N) is 3. The summed E-state index contributed by atoms with van der Waals surface area (Å²) in [4.78, 5) is 39.4. The van der Waals surface area contributed by atoms with Gasteiger partial charge in [0.25, 0.3) is 15.7 Å². The Morgan fingerprint density at radius 3 is 2.09 bits per heavy atom. The molecule has 0 radical (unpaired) electrons. The second kappa shape index (κ2) is 14.3. The second-order valence-electron chi connectivity index (χ2n) is 9.68. The van der Waals surface area contributed by atoms with Crippen molar-refractivity contribution < 1.29 is 22.9 Å². The number of hydrogen-bond acceptors (Lipinski definition) is 6. The van der Waals surface area contributed by atoms with Crippen LogP contribution in [0.3, 0.4) is 0 Å². The third-order valence-electron chi connectivity index (χ3n) is 6.83. The summed E-state index contributed by atoms with van der Waals surface area (Å²) in [6.07, 6.45) is 0.125. The number of nitro groups is 1. The van der Waals surface area contributed by atoms with E-state index in [0.29, 0.717) is 10.6 Å². The highest BCUT2D eigenvalue weighted by molar-refractivity contribution is 7.92. The maximum atomic E-state index is 14.3. The third-order valence-corrected chi connectivity index (χ3v) is 9.21. The van der Waals surface area contributed by atoms with E-state index in [2.05, 4.69) is 5.32 Å². The second-order valence-corrected chi connectivity index (χ2v) is 12.4. The lowest BCUT2D eigenvalue weighted by Gasteiger charge is -2.33. The van der Waals surface area contributed by atoms with E-state index in [4.69, 9.17) is 23.2 Å². The van der Waals surface area contributed by atoms with Gasteiger partial charge in [0.1, 0.15) is 12.6 Å². The molecule has 0 unspecified atom stereocenters. The van der Waals surface area contributed by atoms with Crippen molar-refractivity contribution in [2.24, 2.45) is 0 Å². The summed E-state index contributed by atoms with van der Waals surface area (Å²) in [7, 11) is -2.90. The summed E-state index contributed by atoms with van der Waals surface area (Å²) < 4.78 is 28.7. The number of nitro benzene ring substituents is 1. The monoisotopic (exact) mass is 654 g/mol. The van der Waals surface area contributed by atoms with Crippen LogP contribution < -0.4 is 9.62 Å². The number of sulfonamides is 1. The normalized spacial score (nSPS) is 11.8. The van der Waals surface area contributed by atoms with E-state index in [-0.39, 0.29) is 34.3 Å². The van der Waals surface area contributed by atoms with Gasteiger partial charge in [-0.2, -0.15) is 0 Å². The smallest absolute Gasteiger partial charge is 0.269 e.